The van der Waals surface area contributed by atoms with Crippen molar-refractivity contribution >= 4 is 0 Å². The second kappa shape index (κ2) is 8.67. The zero-order valence-electron chi connectivity index (χ0n) is 16.3. The maximum absolute atomic E-state index is 13.1. The minimum absolute atomic E-state index is 0.177. The number of benzene rings is 2. The van der Waals surface area contributed by atoms with Gasteiger partial charge in [-0.3, -0.25) is 9.80 Å². The predicted molar refractivity (Wildman–Crippen MR) is 108 cm³/mol. The molecule has 0 N–H and O–H groups in total. The maximum atomic E-state index is 13.1. The largest absolute Gasteiger partial charge is 0.441 e. The summed E-state index contributed by atoms with van der Waals surface area (Å²) < 4.78 is 19.0. The minimum Gasteiger partial charge on any atom is -0.441 e. The van der Waals surface area contributed by atoms with Gasteiger partial charge in [0.2, 0.25) is 5.89 Å². The third-order valence-corrected chi connectivity index (χ3v) is 5.29. The van der Waals surface area contributed by atoms with Crippen molar-refractivity contribution in [3.63, 3.8) is 0 Å². The molecule has 0 saturated carbocycles. The first kappa shape index (κ1) is 18.8. The number of halogens is 1. The fourth-order valence-electron chi connectivity index (χ4n) is 3.68. The van der Waals surface area contributed by atoms with Crippen molar-refractivity contribution in [2.75, 3.05) is 26.2 Å². The van der Waals surface area contributed by atoms with E-state index in [2.05, 4.69) is 9.80 Å². The molecule has 4 nitrogen and oxygen atoms in total. The molecule has 28 heavy (non-hydrogen) atoms. The van der Waals surface area contributed by atoms with Crippen LogP contribution in [-0.2, 0) is 13.1 Å². The molecule has 146 valence electrons. The van der Waals surface area contributed by atoms with Crippen LogP contribution in [0.15, 0.2) is 59.0 Å². The van der Waals surface area contributed by atoms with Gasteiger partial charge in [0, 0.05) is 31.7 Å². The minimum atomic E-state index is -0.177. The average Bonchev–Trinajstić information content (AvgIpc) is 2.93. The highest BCUT2D eigenvalue weighted by molar-refractivity contribution is 5.53. The Morgan fingerprint density at radius 3 is 2.29 bits per heavy atom. The predicted octanol–water partition coefficient (Wildman–Crippen LogP) is 4.50. The molecule has 2 heterocycles. The number of oxazole rings is 1. The van der Waals surface area contributed by atoms with Crippen LogP contribution in [0.4, 0.5) is 4.39 Å². The Balaban J connectivity index is 1.36. The molecule has 1 aromatic heterocycles. The van der Waals surface area contributed by atoms with Gasteiger partial charge in [-0.25, -0.2) is 9.37 Å². The summed E-state index contributed by atoms with van der Waals surface area (Å²) in [5.74, 6) is 1.41. The van der Waals surface area contributed by atoms with Gasteiger partial charge in [-0.2, -0.15) is 0 Å². The van der Waals surface area contributed by atoms with Crippen molar-refractivity contribution in [1.29, 1.82) is 0 Å². The zero-order valence-corrected chi connectivity index (χ0v) is 16.3. The van der Waals surface area contributed by atoms with Crippen molar-refractivity contribution in [1.82, 2.24) is 14.8 Å². The second-order valence-corrected chi connectivity index (χ2v) is 7.42. The molecule has 0 spiro atoms. The molecule has 1 fully saturated rings. The highest BCUT2D eigenvalue weighted by atomic mass is 19.1. The molecule has 4 rings (SSSR count). The fraction of sp³-hybridized carbons (Fsp3) is 0.348. The van der Waals surface area contributed by atoms with Gasteiger partial charge in [-0.1, -0.05) is 30.3 Å². The molecule has 1 aliphatic heterocycles. The van der Waals surface area contributed by atoms with E-state index in [9.17, 15) is 4.39 Å². The Kier molecular flexibility index (Phi) is 5.84. The third kappa shape index (κ3) is 4.66. The van der Waals surface area contributed by atoms with Crippen molar-refractivity contribution < 1.29 is 8.81 Å². The van der Waals surface area contributed by atoms with Gasteiger partial charge in [0.05, 0.1) is 5.69 Å². The van der Waals surface area contributed by atoms with Gasteiger partial charge >= 0.3 is 0 Å². The average molecular weight is 379 g/mol. The van der Waals surface area contributed by atoms with Crippen LogP contribution in [0.2, 0.25) is 0 Å². The lowest BCUT2D eigenvalue weighted by atomic mass is 10.2. The lowest BCUT2D eigenvalue weighted by Gasteiger charge is -2.21. The molecule has 0 bridgehead atoms. The smallest absolute Gasteiger partial charge is 0.226 e. The fourth-order valence-corrected chi connectivity index (χ4v) is 3.68. The van der Waals surface area contributed by atoms with E-state index in [4.69, 9.17) is 9.40 Å². The molecule has 1 aliphatic rings. The number of hydrogen-bond donors (Lipinski definition) is 0. The van der Waals surface area contributed by atoms with Crippen LogP contribution in [-0.4, -0.2) is 41.0 Å². The molecule has 2 aromatic carbocycles. The summed E-state index contributed by atoms with van der Waals surface area (Å²) in [6.45, 7) is 7.77. The van der Waals surface area contributed by atoms with Gasteiger partial charge in [-0.15, -0.1) is 0 Å². The SMILES string of the molecule is Cc1oc(-c2ccccc2)nc1CN1CCCN(Cc2ccc(F)cc2)CC1. The Morgan fingerprint density at radius 2 is 1.57 bits per heavy atom. The van der Waals surface area contributed by atoms with E-state index in [0.717, 1.165) is 68.3 Å². The van der Waals surface area contributed by atoms with E-state index in [1.807, 2.05) is 49.4 Å². The Morgan fingerprint density at radius 1 is 0.893 bits per heavy atom. The van der Waals surface area contributed by atoms with Crippen LogP contribution >= 0.6 is 0 Å². The van der Waals surface area contributed by atoms with Crippen molar-refractivity contribution in [3.05, 3.63) is 77.4 Å². The van der Waals surface area contributed by atoms with E-state index in [-0.39, 0.29) is 5.82 Å². The summed E-state index contributed by atoms with van der Waals surface area (Å²) in [5, 5.41) is 0. The first-order chi connectivity index (χ1) is 13.7. The molecule has 0 radical (unpaired) electrons. The van der Waals surface area contributed by atoms with Crippen LogP contribution in [0.25, 0.3) is 11.5 Å². The van der Waals surface area contributed by atoms with Gasteiger partial charge in [0.15, 0.2) is 0 Å². The van der Waals surface area contributed by atoms with Gasteiger partial charge in [-0.05, 0) is 56.3 Å². The van der Waals surface area contributed by atoms with E-state index in [1.54, 1.807) is 0 Å². The normalized spacial score (nSPS) is 16.2. The van der Waals surface area contributed by atoms with Crippen molar-refractivity contribution in [2.24, 2.45) is 0 Å². The van der Waals surface area contributed by atoms with E-state index < -0.39 is 0 Å². The molecular formula is C23H26FN3O. The van der Waals surface area contributed by atoms with Gasteiger partial charge in [0.1, 0.15) is 11.6 Å². The number of aromatic nitrogens is 1. The van der Waals surface area contributed by atoms with Crippen LogP contribution in [0.3, 0.4) is 0 Å². The van der Waals surface area contributed by atoms with Crippen molar-refractivity contribution in [2.45, 2.75) is 26.4 Å². The molecule has 0 atom stereocenters. The second-order valence-electron chi connectivity index (χ2n) is 7.42. The van der Waals surface area contributed by atoms with Crippen LogP contribution in [0.1, 0.15) is 23.4 Å². The highest BCUT2D eigenvalue weighted by Crippen LogP contribution is 2.22. The highest BCUT2D eigenvalue weighted by Gasteiger charge is 2.18. The van der Waals surface area contributed by atoms with Crippen molar-refractivity contribution in [3.8, 4) is 11.5 Å². The summed E-state index contributed by atoms with van der Waals surface area (Å²) in [7, 11) is 0. The Hall–Kier alpha value is -2.50. The molecule has 1 saturated heterocycles. The number of hydrogen-bond acceptors (Lipinski definition) is 4. The van der Waals surface area contributed by atoms with E-state index in [0.29, 0.717) is 5.89 Å². The summed E-state index contributed by atoms with van der Waals surface area (Å²) in [4.78, 5) is 9.63. The number of nitrogens with zero attached hydrogens (tertiary/aromatic N) is 3. The summed E-state index contributed by atoms with van der Waals surface area (Å²) in [6.07, 6.45) is 1.11. The Bertz CT molecular complexity index is 892. The standard InChI is InChI=1S/C23H26FN3O/c1-18-22(25-23(28-18)20-6-3-2-4-7-20)17-27-13-5-12-26(14-15-27)16-19-8-10-21(24)11-9-19/h2-4,6-11H,5,12-17H2,1H3. The molecule has 0 unspecified atom stereocenters. The third-order valence-electron chi connectivity index (χ3n) is 5.29. The first-order valence-corrected chi connectivity index (χ1v) is 9.88. The van der Waals surface area contributed by atoms with Gasteiger partial charge in [0.25, 0.3) is 0 Å². The van der Waals surface area contributed by atoms with Crippen LogP contribution < -0.4 is 0 Å². The van der Waals surface area contributed by atoms with E-state index >= 15 is 0 Å². The lowest BCUT2D eigenvalue weighted by molar-refractivity contribution is 0.245. The molecule has 0 amide bonds. The van der Waals surface area contributed by atoms with Gasteiger partial charge < -0.3 is 4.42 Å². The monoisotopic (exact) mass is 379 g/mol. The maximum Gasteiger partial charge on any atom is 0.226 e. The van der Waals surface area contributed by atoms with Crippen LogP contribution in [0.5, 0.6) is 0 Å². The summed E-state index contributed by atoms with van der Waals surface area (Å²) in [5.41, 5.74) is 3.19. The number of rotatable bonds is 5. The Labute approximate surface area is 165 Å². The topological polar surface area (TPSA) is 32.5 Å². The summed E-state index contributed by atoms with van der Waals surface area (Å²) in [6, 6.07) is 16.9. The van der Waals surface area contributed by atoms with E-state index in [1.165, 1.54) is 12.1 Å². The van der Waals surface area contributed by atoms with Crippen LogP contribution in [0, 0.1) is 12.7 Å². The molecule has 5 heteroatoms. The molecule has 3 aromatic rings. The quantitative estimate of drug-likeness (QED) is 0.654. The number of aryl methyl sites for hydroxylation is 1. The molecular weight excluding hydrogens is 353 g/mol. The molecule has 0 aliphatic carbocycles. The first-order valence-electron chi connectivity index (χ1n) is 9.88. The zero-order chi connectivity index (χ0) is 19.3. The lowest BCUT2D eigenvalue weighted by Crippen LogP contribution is -2.30. The summed E-state index contributed by atoms with van der Waals surface area (Å²) >= 11 is 0.